The maximum Gasteiger partial charge on any atom is 0.264 e. The van der Waals surface area contributed by atoms with Crippen molar-refractivity contribution in [1.82, 2.24) is 9.71 Å². The summed E-state index contributed by atoms with van der Waals surface area (Å²) in [6.45, 7) is 6.97. The number of thiazole rings is 1. The van der Waals surface area contributed by atoms with E-state index in [9.17, 15) is 13.2 Å². The molecule has 188 valence electrons. The van der Waals surface area contributed by atoms with Crippen molar-refractivity contribution in [2.45, 2.75) is 44.6 Å². The van der Waals surface area contributed by atoms with Crippen molar-refractivity contribution in [3.63, 3.8) is 0 Å². The smallest absolute Gasteiger partial charge is 0.264 e. The molecule has 36 heavy (non-hydrogen) atoms. The predicted octanol–water partition coefficient (Wildman–Crippen LogP) is 6.21. The zero-order chi connectivity index (χ0) is 25.7. The second kappa shape index (κ2) is 11.4. The molecule has 0 spiro atoms. The van der Waals surface area contributed by atoms with Gasteiger partial charge in [0, 0.05) is 28.8 Å². The molecule has 6 nitrogen and oxygen atoms in total. The number of sulfonamides is 1. The summed E-state index contributed by atoms with van der Waals surface area (Å²) in [7, 11) is -3.92. The summed E-state index contributed by atoms with van der Waals surface area (Å²) in [5.41, 5.74) is 3.79. The van der Waals surface area contributed by atoms with Crippen LogP contribution in [-0.2, 0) is 21.4 Å². The van der Waals surface area contributed by atoms with Crippen LogP contribution in [0.2, 0.25) is 0 Å². The first-order valence-electron chi connectivity index (χ1n) is 11.7. The van der Waals surface area contributed by atoms with Crippen molar-refractivity contribution in [3.8, 4) is 11.3 Å². The van der Waals surface area contributed by atoms with Gasteiger partial charge in [0.2, 0.25) is 5.91 Å². The number of carbonyl (C=O) groups excluding carboxylic acids is 1. The van der Waals surface area contributed by atoms with E-state index in [0.29, 0.717) is 24.6 Å². The van der Waals surface area contributed by atoms with E-state index in [2.05, 4.69) is 42.8 Å². The number of anilines is 1. The first-order valence-corrected chi connectivity index (χ1v) is 14.9. The van der Waals surface area contributed by atoms with Crippen LogP contribution < -0.4 is 9.62 Å². The zero-order valence-electron chi connectivity index (χ0n) is 20.5. The van der Waals surface area contributed by atoms with Gasteiger partial charge in [-0.05, 0) is 41.5 Å². The largest absolute Gasteiger partial charge is 0.342 e. The Hall–Kier alpha value is -3.01. The van der Waals surface area contributed by atoms with Crippen LogP contribution in [0.4, 0.5) is 5.13 Å². The number of aromatic nitrogens is 1. The summed E-state index contributed by atoms with van der Waals surface area (Å²) in [6, 6.07) is 19.1. The number of hydrogen-bond acceptors (Lipinski definition) is 7. The Kier molecular flexibility index (Phi) is 8.23. The highest BCUT2D eigenvalue weighted by Crippen LogP contribution is 2.30. The SMILES string of the molecule is Cc1ccccc1S(=O)(=O)NC(=O)CCN(Cc1cccs1)c1nc(-c2ccc(C(C)C)cc2)cs1. The van der Waals surface area contributed by atoms with E-state index in [-0.39, 0.29) is 11.3 Å². The van der Waals surface area contributed by atoms with E-state index < -0.39 is 15.9 Å². The van der Waals surface area contributed by atoms with Crippen molar-refractivity contribution in [3.05, 3.63) is 87.4 Å². The normalized spacial score (nSPS) is 11.6. The molecule has 9 heteroatoms. The lowest BCUT2D eigenvalue weighted by Gasteiger charge is -2.21. The van der Waals surface area contributed by atoms with Crippen molar-refractivity contribution in [2.24, 2.45) is 0 Å². The molecule has 0 atom stereocenters. The van der Waals surface area contributed by atoms with E-state index >= 15 is 0 Å². The van der Waals surface area contributed by atoms with Gasteiger partial charge >= 0.3 is 0 Å². The van der Waals surface area contributed by atoms with E-state index in [0.717, 1.165) is 21.3 Å². The Balaban J connectivity index is 1.48. The molecule has 4 aromatic rings. The highest BCUT2D eigenvalue weighted by atomic mass is 32.2. The van der Waals surface area contributed by atoms with Gasteiger partial charge < -0.3 is 4.90 Å². The lowest BCUT2D eigenvalue weighted by Crippen LogP contribution is -2.34. The van der Waals surface area contributed by atoms with Crippen LogP contribution in [0.1, 0.15) is 42.2 Å². The third kappa shape index (κ3) is 6.40. The van der Waals surface area contributed by atoms with Gasteiger partial charge in [-0.25, -0.2) is 18.1 Å². The van der Waals surface area contributed by atoms with Crippen LogP contribution in [-0.4, -0.2) is 25.9 Å². The van der Waals surface area contributed by atoms with Gasteiger partial charge in [-0.2, -0.15) is 0 Å². The van der Waals surface area contributed by atoms with Gasteiger partial charge in [0.05, 0.1) is 17.1 Å². The third-order valence-electron chi connectivity index (χ3n) is 5.80. The number of thiophene rings is 1. The topological polar surface area (TPSA) is 79.4 Å². The van der Waals surface area contributed by atoms with E-state index in [1.807, 2.05) is 27.8 Å². The molecular weight excluding hydrogens is 511 g/mol. The number of amides is 1. The van der Waals surface area contributed by atoms with Gasteiger partial charge in [0.1, 0.15) is 0 Å². The Morgan fingerprint density at radius 1 is 1.03 bits per heavy atom. The van der Waals surface area contributed by atoms with Gasteiger partial charge in [-0.3, -0.25) is 4.79 Å². The fraction of sp³-hybridized carbons (Fsp3) is 0.259. The quantitative estimate of drug-likeness (QED) is 0.259. The molecule has 1 N–H and O–H groups in total. The fourth-order valence-electron chi connectivity index (χ4n) is 3.76. The molecule has 0 radical (unpaired) electrons. The van der Waals surface area contributed by atoms with E-state index in [4.69, 9.17) is 4.98 Å². The molecule has 0 saturated carbocycles. The summed E-state index contributed by atoms with van der Waals surface area (Å²) < 4.78 is 27.6. The molecule has 2 aromatic heterocycles. The number of aryl methyl sites for hydroxylation is 1. The fourth-order valence-corrected chi connectivity index (χ4v) is 6.61. The number of carbonyl (C=O) groups is 1. The van der Waals surface area contributed by atoms with Crippen LogP contribution in [0.15, 0.2) is 76.3 Å². The number of hydrogen-bond donors (Lipinski definition) is 1. The van der Waals surface area contributed by atoms with E-state index in [1.165, 1.54) is 23.0 Å². The second-order valence-electron chi connectivity index (χ2n) is 8.84. The highest BCUT2D eigenvalue weighted by Gasteiger charge is 2.21. The molecule has 1 amide bonds. The maximum absolute atomic E-state index is 12.7. The monoisotopic (exact) mass is 539 g/mol. The molecule has 2 heterocycles. The summed E-state index contributed by atoms with van der Waals surface area (Å²) in [5.74, 6) is -0.0809. The summed E-state index contributed by atoms with van der Waals surface area (Å²) >= 11 is 3.15. The molecule has 0 saturated heterocycles. The van der Waals surface area contributed by atoms with Crippen LogP contribution >= 0.6 is 22.7 Å². The standard InChI is InChI=1S/C27H29N3O3S3/c1-19(2)21-10-12-22(13-11-21)24-18-35-27(28-24)30(17-23-8-6-16-34-23)15-14-26(31)29-36(32,33)25-9-5-4-7-20(25)3/h4-13,16,18-19H,14-15,17H2,1-3H3,(H,29,31). The summed E-state index contributed by atoms with van der Waals surface area (Å²) in [4.78, 5) is 20.8. The van der Waals surface area contributed by atoms with Gasteiger partial charge in [0.15, 0.2) is 5.13 Å². The maximum atomic E-state index is 12.7. The second-order valence-corrected chi connectivity index (χ2v) is 12.4. The molecule has 4 rings (SSSR count). The van der Waals surface area contributed by atoms with Gasteiger partial charge in [-0.15, -0.1) is 22.7 Å². The molecule has 0 unspecified atom stereocenters. The van der Waals surface area contributed by atoms with Gasteiger partial charge in [-0.1, -0.05) is 62.4 Å². The number of rotatable bonds is 10. The lowest BCUT2D eigenvalue weighted by molar-refractivity contribution is -0.119. The zero-order valence-corrected chi connectivity index (χ0v) is 22.9. The minimum Gasteiger partial charge on any atom is -0.342 e. The van der Waals surface area contributed by atoms with Crippen LogP contribution in [0, 0.1) is 6.92 Å². The Morgan fingerprint density at radius 2 is 1.78 bits per heavy atom. The minimum absolute atomic E-state index is 0.0223. The van der Waals surface area contributed by atoms with Crippen LogP contribution in [0.3, 0.4) is 0 Å². The summed E-state index contributed by atoms with van der Waals surface area (Å²) in [5, 5.41) is 4.82. The van der Waals surface area contributed by atoms with Crippen molar-refractivity contribution >= 4 is 43.7 Å². The lowest BCUT2D eigenvalue weighted by atomic mass is 10.0. The average molecular weight is 540 g/mol. The van der Waals surface area contributed by atoms with Crippen LogP contribution in [0.25, 0.3) is 11.3 Å². The first-order chi connectivity index (χ1) is 17.2. The molecule has 0 aliphatic heterocycles. The third-order valence-corrected chi connectivity index (χ3v) is 9.10. The Labute approximate surface area is 220 Å². The molecule has 0 fully saturated rings. The number of nitrogens with zero attached hydrogens (tertiary/aromatic N) is 2. The molecule has 0 aliphatic carbocycles. The van der Waals surface area contributed by atoms with Crippen molar-refractivity contribution < 1.29 is 13.2 Å². The molecule has 2 aromatic carbocycles. The summed E-state index contributed by atoms with van der Waals surface area (Å²) in [6.07, 6.45) is 0.0223. The highest BCUT2D eigenvalue weighted by molar-refractivity contribution is 7.90. The molecule has 0 bridgehead atoms. The first kappa shape index (κ1) is 26.1. The van der Waals surface area contributed by atoms with E-state index in [1.54, 1.807) is 36.5 Å². The minimum atomic E-state index is -3.92. The molecular formula is C27H29N3O3S3. The van der Waals surface area contributed by atoms with Gasteiger partial charge in [0.25, 0.3) is 10.0 Å². The molecule has 0 aliphatic rings. The van der Waals surface area contributed by atoms with Crippen molar-refractivity contribution in [1.29, 1.82) is 0 Å². The Morgan fingerprint density at radius 3 is 2.44 bits per heavy atom. The van der Waals surface area contributed by atoms with Crippen molar-refractivity contribution in [2.75, 3.05) is 11.4 Å². The number of benzene rings is 2. The van der Waals surface area contributed by atoms with Crippen LogP contribution in [0.5, 0.6) is 0 Å². The Bertz CT molecular complexity index is 1410. The number of nitrogens with one attached hydrogen (secondary N) is 1. The average Bonchev–Trinajstić information content (AvgIpc) is 3.54. The predicted molar refractivity (Wildman–Crippen MR) is 148 cm³/mol.